The lowest BCUT2D eigenvalue weighted by atomic mass is 9.89. The number of allylic oxidation sites excluding steroid dienone is 4. The van der Waals surface area contributed by atoms with Crippen LogP contribution in [0.4, 0.5) is 0 Å². The summed E-state index contributed by atoms with van der Waals surface area (Å²) in [5.41, 5.74) is 20.9. The molecule has 5 aromatic heterocycles. The molecule has 6 aromatic carbocycles. The molecule has 11 aromatic rings. The zero-order chi connectivity index (χ0) is 65.4. The van der Waals surface area contributed by atoms with Gasteiger partial charge in [-0.1, -0.05) is 142 Å². The Kier molecular flexibility index (Phi) is 17.7. The number of hydrogen-bond acceptors (Lipinski definition) is 5. The second-order valence-corrected chi connectivity index (χ2v) is 37.2. The number of ether oxygens (including phenoxy) is 5. The first-order valence-corrected chi connectivity index (χ1v) is 39.9. The average Bonchev–Trinajstić information content (AvgIpc) is 0.781. The van der Waals surface area contributed by atoms with E-state index in [9.17, 15) is 0 Å². The molecule has 94 heavy (non-hydrogen) atoms. The van der Waals surface area contributed by atoms with Gasteiger partial charge in [0.15, 0.2) is 36.2 Å². The molecule has 1 aliphatic carbocycles. The number of pyridine rings is 5. The molecule has 0 amide bonds. The highest BCUT2D eigenvalue weighted by atomic mass is 28.3. The summed E-state index contributed by atoms with van der Waals surface area (Å²) in [5.74, 6) is 5.63. The third-order valence-corrected chi connectivity index (χ3v) is 22.7. The third-order valence-electron chi connectivity index (χ3n) is 18.7. The minimum atomic E-state index is -1.41. The van der Waals surface area contributed by atoms with Gasteiger partial charge in [-0.15, -0.1) is 0 Å². The summed E-state index contributed by atoms with van der Waals surface area (Å²) >= 11 is 0. The Bertz CT molecular complexity index is 4520. The Morgan fingerprint density at radius 3 is 1.23 bits per heavy atom. The second kappa shape index (κ2) is 26.3. The van der Waals surface area contributed by atoms with Crippen LogP contribution < -0.4 is 57.0 Å². The van der Waals surface area contributed by atoms with Gasteiger partial charge in [-0.3, -0.25) is 0 Å². The summed E-state index contributed by atoms with van der Waals surface area (Å²) < 4.78 is 41.2. The molecule has 12 heteroatoms. The molecule has 1 unspecified atom stereocenters. The van der Waals surface area contributed by atoms with Crippen LogP contribution in [0.3, 0.4) is 0 Å². The van der Waals surface area contributed by atoms with Crippen LogP contribution >= 0.6 is 0 Å². The van der Waals surface area contributed by atoms with Gasteiger partial charge in [0.2, 0.25) is 28.5 Å². The van der Waals surface area contributed by atoms with Gasteiger partial charge in [0, 0.05) is 99.2 Å². The molecule has 472 valence electrons. The molecular weight excluding hydrogens is 1190 g/mol. The highest BCUT2D eigenvalue weighted by molar-refractivity contribution is 6.89. The van der Waals surface area contributed by atoms with Crippen molar-refractivity contribution in [3.8, 4) is 85.0 Å². The predicted molar refractivity (Wildman–Crippen MR) is 381 cm³/mol. The summed E-state index contributed by atoms with van der Waals surface area (Å²) in [5, 5.41) is 5.29. The van der Waals surface area contributed by atoms with Gasteiger partial charge in [-0.05, 0) is 109 Å². The molecule has 0 spiro atoms. The van der Waals surface area contributed by atoms with Gasteiger partial charge in [0.05, 0.1) is 35.9 Å². The summed E-state index contributed by atoms with van der Waals surface area (Å²) in [6, 6.07) is 70.6. The number of aromatic nitrogens is 5. The Balaban J connectivity index is 0.000000107. The quantitative estimate of drug-likeness (QED) is 0.130. The lowest BCUT2D eigenvalue weighted by molar-refractivity contribution is -0.723. The molecule has 0 saturated heterocycles. The van der Waals surface area contributed by atoms with Crippen molar-refractivity contribution in [3.05, 3.63) is 264 Å². The topological polar surface area (TPSA) is 65.5 Å². The zero-order valence-corrected chi connectivity index (χ0v) is 58.5. The molecule has 0 radical (unpaired) electrons. The standard InChI is InChI=1S/C19H18NO.C18H26NOSi2.C17H14NO.2C14H14NO/c1-14-7-5-12-18-17-11-6-10-16(15-8-3-2-4-9-15)19(17)21-13-20(14)18;1-21(2,3)16-11-7-9-14-15-10-8-12-17(22(4,5)6)19(15)13-20-18(14)16;1-12-5-4-8-16-15-10-9-13-6-2-3-7-14(13)17(15)19-11-18(12)16;2*1-10-5-3-7-12-13-8-4-6-11(2)15(13)9-16-14(10)12/h2-8,10-12,15H,9,13H2,1H3;7-12H,13H2,1-6H3;2-10H,11H2,1H3;2*3-8H,9H2,1-2H3/q5*+1. The first-order chi connectivity index (χ1) is 45.4. The highest BCUT2D eigenvalue weighted by Gasteiger charge is 2.37. The average molecular weight is 1280 g/mol. The molecule has 0 saturated carbocycles. The molecule has 0 fully saturated rings. The number of aryl methyl sites for hydroxylation is 6. The first-order valence-electron chi connectivity index (χ1n) is 32.9. The maximum absolute atomic E-state index is 6.26. The largest absolute Gasteiger partial charge is 0.435 e. The van der Waals surface area contributed by atoms with Crippen molar-refractivity contribution in [2.45, 2.75) is 127 Å². The van der Waals surface area contributed by atoms with Crippen LogP contribution in [0, 0.1) is 41.5 Å². The zero-order valence-electron chi connectivity index (χ0n) is 56.5. The van der Waals surface area contributed by atoms with E-state index in [1.54, 1.807) is 0 Å². The minimum Gasteiger partial charge on any atom is -0.435 e. The van der Waals surface area contributed by atoms with Crippen LogP contribution in [0.25, 0.3) is 67.1 Å². The van der Waals surface area contributed by atoms with Crippen molar-refractivity contribution in [2.75, 3.05) is 0 Å². The molecule has 0 bridgehead atoms. The van der Waals surface area contributed by atoms with Crippen molar-refractivity contribution >= 4 is 37.4 Å². The van der Waals surface area contributed by atoms with E-state index in [4.69, 9.17) is 23.7 Å². The number of fused-ring (bicyclic) bond motifs is 17. The molecule has 10 heterocycles. The van der Waals surface area contributed by atoms with E-state index >= 15 is 0 Å². The fourth-order valence-electron chi connectivity index (χ4n) is 13.6. The number of rotatable bonds is 3. The van der Waals surface area contributed by atoms with Crippen molar-refractivity contribution in [2.24, 2.45) is 0 Å². The normalized spacial score (nSPS) is 14.4. The molecule has 6 aliphatic rings. The Morgan fingerprint density at radius 2 is 0.734 bits per heavy atom. The van der Waals surface area contributed by atoms with Gasteiger partial charge >= 0.3 is 0 Å². The number of hydrogen-bond donors (Lipinski definition) is 0. The van der Waals surface area contributed by atoms with Crippen LogP contribution in [0.1, 0.15) is 51.8 Å². The first kappa shape index (κ1) is 63.0. The van der Waals surface area contributed by atoms with Crippen LogP contribution in [0.15, 0.2) is 224 Å². The second-order valence-electron chi connectivity index (χ2n) is 27.1. The lowest BCUT2D eigenvalue weighted by Crippen LogP contribution is -2.63. The SMILES string of the molecule is C[Si](C)(C)c1cccc2c1OC[n+]1c-2cccc1[Si](C)(C)C.Cc1cccc2[n+]1COc1c-2ccc2ccccc12.Cc1cccc2[n+]1COc1c-2cccc1C1C=CC=CC1.Cc1cccc2c1OC[n+]1c(C)cccc1-2.Cc1cccc2c1OC[n+]1c(C)cccc1-2. The van der Waals surface area contributed by atoms with Crippen LogP contribution in [0.2, 0.25) is 39.3 Å². The predicted octanol–water partition coefficient (Wildman–Crippen LogP) is 15.6. The molecule has 0 N–H and O–H groups in total. The number of para-hydroxylation sites is 4. The van der Waals surface area contributed by atoms with Gasteiger partial charge in [-0.2, -0.15) is 22.8 Å². The van der Waals surface area contributed by atoms with E-state index in [0.717, 1.165) is 35.2 Å². The Labute approximate surface area is 556 Å². The fraction of sp³-hybridized carbons (Fsp3) is 0.232. The molecular formula is C82H86N5O5Si2+5. The smallest absolute Gasteiger partial charge is 0.292 e. The van der Waals surface area contributed by atoms with Gasteiger partial charge in [0.1, 0.15) is 28.7 Å². The summed E-state index contributed by atoms with van der Waals surface area (Å²) in [6.45, 7) is 30.0. The molecule has 1 atom stereocenters. The minimum absolute atomic E-state index is 0.418. The van der Waals surface area contributed by atoms with E-state index < -0.39 is 16.1 Å². The van der Waals surface area contributed by atoms with E-state index in [-0.39, 0.29) is 0 Å². The summed E-state index contributed by atoms with van der Waals surface area (Å²) in [4.78, 5) is 0. The summed E-state index contributed by atoms with van der Waals surface area (Å²) in [7, 11) is -2.80. The maximum atomic E-state index is 6.26. The third kappa shape index (κ3) is 12.4. The molecule has 5 aliphatic heterocycles. The van der Waals surface area contributed by atoms with E-state index in [1.165, 1.54) is 117 Å². The van der Waals surface area contributed by atoms with E-state index in [2.05, 4.69) is 328 Å². The van der Waals surface area contributed by atoms with E-state index in [0.29, 0.717) is 39.6 Å². The number of benzene rings is 6. The fourth-order valence-corrected chi connectivity index (χ4v) is 16.7. The number of nitrogens with zero attached hydrogens (tertiary/aromatic N) is 5. The van der Waals surface area contributed by atoms with Crippen LogP contribution in [0.5, 0.6) is 28.7 Å². The monoisotopic (exact) mass is 1280 g/mol. The maximum Gasteiger partial charge on any atom is 0.292 e. The van der Waals surface area contributed by atoms with Gasteiger partial charge in [-0.25, -0.2) is 0 Å². The Morgan fingerprint density at radius 1 is 0.330 bits per heavy atom. The molecule has 10 nitrogen and oxygen atoms in total. The van der Waals surface area contributed by atoms with Crippen LogP contribution in [-0.2, 0) is 33.7 Å². The van der Waals surface area contributed by atoms with Gasteiger partial charge < -0.3 is 23.7 Å². The highest BCUT2D eigenvalue weighted by Crippen LogP contribution is 2.42. The van der Waals surface area contributed by atoms with Crippen molar-refractivity contribution in [3.63, 3.8) is 0 Å². The Hall–Kier alpha value is -9.76. The van der Waals surface area contributed by atoms with Crippen molar-refractivity contribution < 1.29 is 46.5 Å². The van der Waals surface area contributed by atoms with E-state index in [1.807, 2.05) is 0 Å². The van der Waals surface area contributed by atoms with Gasteiger partial charge in [0.25, 0.3) is 33.7 Å². The molecule has 17 rings (SSSR count). The van der Waals surface area contributed by atoms with Crippen LogP contribution in [-0.4, -0.2) is 16.1 Å². The summed E-state index contributed by atoms with van der Waals surface area (Å²) in [6.07, 6.45) is 9.77. The van der Waals surface area contributed by atoms with Crippen molar-refractivity contribution in [1.82, 2.24) is 0 Å². The lowest BCUT2D eigenvalue weighted by Gasteiger charge is -2.26. The van der Waals surface area contributed by atoms with Crippen molar-refractivity contribution in [1.29, 1.82) is 0 Å².